The molecule has 0 aliphatic heterocycles. The van der Waals surface area contributed by atoms with E-state index in [0.29, 0.717) is 12.2 Å². The summed E-state index contributed by atoms with van der Waals surface area (Å²) in [6, 6.07) is 1.77. The molecule has 7 nitrogen and oxygen atoms in total. The molecule has 0 unspecified atom stereocenters. The van der Waals surface area contributed by atoms with Crippen LogP contribution in [0.2, 0.25) is 0 Å². The van der Waals surface area contributed by atoms with Crippen molar-refractivity contribution in [3.8, 4) is 0 Å². The molecular weight excluding hydrogens is 244 g/mol. The molecule has 2 aromatic heterocycles. The van der Waals surface area contributed by atoms with Gasteiger partial charge in [-0.2, -0.15) is 5.10 Å². The van der Waals surface area contributed by atoms with Gasteiger partial charge >= 0.3 is 5.69 Å². The minimum atomic E-state index is -0.278. The van der Waals surface area contributed by atoms with Crippen molar-refractivity contribution in [3.63, 3.8) is 0 Å². The lowest BCUT2D eigenvalue weighted by atomic mass is 9.82. The van der Waals surface area contributed by atoms with E-state index in [1.165, 1.54) is 30.0 Å². The van der Waals surface area contributed by atoms with E-state index >= 15 is 0 Å². The summed E-state index contributed by atoms with van der Waals surface area (Å²) in [5, 5.41) is 9.77. The van der Waals surface area contributed by atoms with Crippen molar-refractivity contribution in [3.05, 3.63) is 22.9 Å². The Morgan fingerprint density at radius 2 is 2.21 bits per heavy atom. The first kappa shape index (κ1) is 12.2. The largest absolute Gasteiger partial charge is 0.363 e. The first-order chi connectivity index (χ1) is 9.22. The van der Waals surface area contributed by atoms with Crippen LogP contribution in [0.5, 0.6) is 0 Å². The summed E-state index contributed by atoms with van der Waals surface area (Å²) >= 11 is 0. The molecule has 1 aliphatic rings. The molecule has 3 rings (SSSR count). The van der Waals surface area contributed by atoms with Crippen molar-refractivity contribution in [1.29, 1.82) is 0 Å². The Kier molecular flexibility index (Phi) is 2.98. The van der Waals surface area contributed by atoms with Crippen molar-refractivity contribution in [2.45, 2.75) is 37.6 Å². The number of aromatic nitrogens is 4. The number of rotatable bonds is 3. The standard InChI is InChI=1S/C12H18N6O/c13-7-12(4-2-1-3-5-12)15-9-6-10-16-17-11(19)18(10)8-14-9/h6,8,15H,1-5,7,13H2,(H,17,19). The number of H-pyrrole nitrogens is 1. The first-order valence-corrected chi connectivity index (χ1v) is 6.63. The SMILES string of the molecule is NCC1(Nc2cc3n[nH]c(=O)n3cn2)CCCCC1. The molecule has 0 amide bonds. The number of aromatic amines is 1. The van der Waals surface area contributed by atoms with E-state index in [9.17, 15) is 4.79 Å². The van der Waals surface area contributed by atoms with Crippen molar-refractivity contribution < 1.29 is 0 Å². The summed E-state index contributed by atoms with van der Waals surface area (Å²) in [5.41, 5.74) is 6.15. The fourth-order valence-corrected chi connectivity index (χ4v) is 2.76. The van der Waals surface area contributed by atoms with Gasteiger partial charge in [0.05, 0.1) is 5.54 Å². The summed E-state index contributed by atoms with van der Waals surface area (Å²) in [6.45, 7) is 0.591. The highest BCUT2D eigenvalue weighted by molar-refractivity contribution is 5.49. The lowest BCUT2D eigenvalue weighted by Crippen LogP contribution is -2.47. The Balaban J connectivity index is 1.89. The van der Waals surface area contributed by atoms with Gasteiger partial charge in [0.2, 0.25) is 0 Å². The van der Waals surface area contributed by atoms with Crippen LogP contribution in [0.1, 0.15) is 32.1 Å². The second-order valence-corrected chi connectivity index (χ2v) is 5.20. The van der Waals surface area contributed by atoms with Gasteiger partial charge in [-0.05, 0) is 12.8 Å². The number of fused-ring (bicyclic) bond motifs is 1. The number of nitrogens with one attached hydrogen (secondary N) is 2. The lowest BCUT2D eigenvalue weighted by molar-refractivity contribution is 0.330. The molecule has 2 heterocycles. The molecule has 4 N–H and O–H groups in total. The molecule has 102 valence electrons. The Bertz CT molecular complexity index is 624. The summed E-state index contributed by atoms with van der Waals surface area (Å²) in [4.78, 5) is 15.6. The van der Waals surface area contributed by atoms with Crippen LogP contribution in [0.25, 0.3) is 5.65 Å². The number of nitrogens with zero attached hydrogens (tertiary/aromatic N) is 3. The minimum absolute atomic E-state index is 0.0693. The maximum absolute atomic E-state index is 11.4. The van der Waals surface area contributed by atoms with Gasteiger partial charge in [-0.3, -0.25) is 0 Å². The van der Waals surface area contributed by atoms with Crippen LogP contribution in [0.4, 0.5) is 5.82 Å². The fourth-order valence-electron chi connectivity index (χ4n) is 2.76. The van der Waals surface area contributed by atoms with Gasteiger partial charge in [0.1, 0.15) is 12.1 Å². The molecule has 0 radical (unpaired) electrons. The van der Waals surface area contributed by atoms with Crippen molar-refractivity contribution >= 4 is 11.5 Å². The minimum Gasteiger partial charge on any atom is -0.363 e. The maximum Gasteiger partial charge on any atom is 0.348 e. The zero-order valence-corrected chi connectivity index (χ0v) is 10.7. The number of hydrogen-bond acceptors (Lipinski definition) is 5. The number of nitrogens with two attached hydrogens (primary N) is 1. The van der Waals surface area contributed by atoms with Gasteiger partial charge in [0.25, 0.3) is 0 Å². The van der Waals surface area contributed by atoms with E-state index in [0.717, 1.165) is 18.7 Å². The van der Waals surface area contributed by atoms with Crippen LogP contribution in [0, 0.1) is 0 Å². The highest BCUT2D eigenvalue weighted by atomic mass is 16.1. The van der Waals surface area contributed by atoms with Crippen LogP contribution >= 0.6 is 0 Å². The molecule has 1 fully saturated rings. The second kappa shape index (κ2) is 4.65. The van der Waals surface area contributed by atoms with Crippen LogP contribution in [-0.4, -0.2) is 31.7 Å². The van der Waals surface area contributed by atoms with Gasteiger partial charge in [0.15, 0.2) is 5.65 Å². The third-order valence-corrected chi connectivity index (χ3v) is 3.90. The molecular formula is C12H18N6O. The molecule has 2 aromatic rings. The molecule has 7 heteroatoms. The van der Waals surface area contributed by atoms with Crippen molar-refractivity contribution in [1.82, 2.24) is 19.6 Å². The van der Waals surface area contributed by atoms with Crippen LogP contribution in [-0.2, 0) is 0 Å². The van der Waals surface area contributed by atoms with Crippen molar-refractivity contribution in [2.75, 3.05) is 11.9 Å². The first-order valence-electron chi connectivity index (χ1n) is 6.63. The maximum atomic E-state index is 11.4. The van der Waals surface area contributed by atoms with Crippen LogP contribution < -0.4 is 16.7 Å². The highest BCUT2D eigenvalue weighted by Crippen LogP contribution is 2.30. The molecule has 0 bridgehead atoms. The zero-order valence-electron chi connectivity index (χ0n) is 10.7. The number of anilines is 1. The molecule has 0 atom stereocenters. The van der Waals surface area contributed by atoms with Crippen LogP contribution in [0.15, 0.2) is 17.2 Å². The van der Waals surface area contributed by atoms with E-state index in [1.807, 2.05) is 0 Å². The summed E-state index contributed by atoms with van der Waals surface area (Å²) < 4.78 is 1.38. The lowest BCUT2D eigenvalue weighted by Gasteiger charge is -2.37. The third-order valence-electron chi connectivity index (χ3n) is 3.90. The van der Waals surface area contributed by atoms with E-state index in [1.54, 1.807) is 6.07 Å². The quantitative estimate of drug-likeness (QED) is 0.747. The average molecular weight is 262 g/mol. The molecule has 0 aromatic carbocycles. The van der Waals surface area contributed by atoms with E-state index in [2.05, 4.69) is 20.5 Å². The fraction of sp³-hybridized carbons (Fsp3) is 0.583. The topological polar surface area (TPSA) is 101 Å². The Morgan fingerprint density at radius 3 is 2.95 bits per heavy atom. The predicted octanol–water partition coefficient (Wildman–Crippen LogP) is 0.491. The Labute approximate surface area is 110 Å². The van der Waals surface area contributed by atoms with Gasteiger partial charge in [-0.1, -0.05) is 19.3 Å². The predicted molar refractivity (Wildman–Crippen MR) is 72.1 cm³/mol. The summed E-state index contributed by atoms with van der Waals surface area (Å²) in [7, 11) is 0. The van der Waals surface area contributed by atoms with Gasteiger partial charge < -0.3 is 11.1 Å². The summed E-state index contributed by atoms with van der Waals surface area (Å²) in [5.74, 6) is 0.721. The van der Waals surface area contributed by atoms with Gasteiger partial charge in [0, 0.05) is 12.6 Å². The third kappa shape index (κ3) is 2.21. The van der Waals surface area contributed by atoms with Gasteiger partial charge in [-0.15, -0.1) is 0 Å². The summed E-state index contributed by atoms with van der Waals surface area (Å²) in [6.07, 6.45) is 7.25. The monoisotopic (exact) mass is 262 g/mol. The van der Waals surface area contributed by atoms with Crippen molar-refractivity contribution in [2.24, 2.45) is 5.73 Å². The van der Waals surface area contributed by atoms with E-state index < -0.39 is 0 Å². The highest BCUT2D eigenvalue weighted by Gasteiger charge is 2.30. The second-order valence-electron chi connectivity index (χ2n) is 5.20. The molecule has 1 saturated carbocycles. The Hall–Kier alpha value is -1.89. The molecule has 1 aliphatic carbocycles. The van der Waals surface area contributed by atoms with Crippen LogP contribution in [0.3, 0.4) is 0 Å². The number of hydrogen-bond donors (Lipinski definition) is 3. The molecule has 19 heavy (non-hydrogen) atoms. The molecule has 0 spiro atoms. The van der Waals surface area contributed by atoms with E-state index in [-0.39, 0.29) is 11.2 Å². The average Bonchev–Trinajstić information content (AvgIpc) is 2.81. The van der Waals surface area contributed by atoms with Gasteiger partial charge in [-0.25, -0.2) is 19.3 Å². The Morgan fingerprint density at radius 1 is 1.42 bits per heavy atom. The normalized spacial score (nSPS) is 18.6. The molecule has 0 saturated heterocycles. The smallest absolute Gasteiger partial charge is 0.348 e. The zero-order chi connectivity index (χ0) is 13.3. The van der Waals surface area contributed by atoms with E-state index in [4.69, 9.17) is 5.73 Å².